The van der Waals surface area contributed by atoms with Crippen LogP contribution in [-0.2, 0) is 24.8 Å². The Morgan fingerprint density at radius 3 is 2.95 bits per heavy atom. The molecule has 0 saturated heterocycles. The van der Waals surface area contributed by atoms with Crippen LogP contribution in [-0.4, -0.2) is 32.1 Å². The van der Waals surface area contributed by atoms with Crippen LogP contribution in [0.25, 0.3) is 0 Å². The molecule has 0 radical (unpaired) electrons. The number of anilines is 1. The first kappa shape index (κ1) is 11.7. The fraction of sp³-hybridized carbons (Fsp3) is 0.308. The number of aromatic nitrogens is 3. The van der Waals surface area contributed by atoms with E-state index in [-0.39, 0.29) is 0 Å². The molecule has 1 aromatic heterocycles. The van der Waals surface area contributed by atoms with Crippen molar-refractivity contribution in [3.8, 4) is 0 Å². The van der Waals surface area contributed by atoms with E-state index in [1.54, 1.807) is 17.9 Å². The summed E-state index contributed by atoms with van der Waals surface area (Å²) in [5, 5.41) is 17.3. The Hall–Kier alpha value is -2.37. The van der Waals surface area contributed by atoms with E-state index in [0.717, 1.165) is 16.9 Å². The molecule has 6 heteroatoms. The minimum atomic E-state index is -0.805. The molecule has 2 aromatic rings. The molecule has 1 atom stereocenters. The van der Waals surface area contributed by atoms with Gasteiger partial charge in [-0.05, 0) is 11.6 Å². The Bertz CT molecular complexity index is 623. The van der Waals surface area contributed by atoms with Crippen LogP contribution in [0.2, 0.25) is 0 Å². The molecule has 0 fully saturated rings. The fourth-order valence-electron chi connectivity index (χ4n) is 2.51. The first-order chi connectivity index (χ1) is 9.15. The highest BCUT2D eigenvalue weighted by molar-refractivity contribution is 5.82. The lowest BCUT2D eigenvalue weighted by Gasteiger charge is -2.23. The van der Waals surface area contributed by atoms with Gasteiger partial charge in [0.25, 0.3) is 0 Å². The number of benzene rings is 1. The number of carboxylic acids is 1. The Morgan fingerprint density at radius 1 is 1.47 bits per heavy atom. The van der Waals surface area contributed by atoms with Gasteiger partial charge in [0.05, 0.1) is 6.54 Å². The minimum Gasteiger partial charge on any atom is -0.480 e. The quantitative estimate of drug-likeness (QED) is 0.883. The van der Waals surface area contributed by atoms with Crippen molar-refractivity contribution < 1.29 is 9.90 Å². The number of carboxylic acid groups (broad SMARTS) is 1. The van der Waals surface area contributed by atoms with E-state index < -0.39 is 12.0 Å². The summed E-state index contributed by atoms with van der Waals surface area (Å²) in [5.41, 5.74) is 2.81. The molecule has 0 saturated carbocycles. The number of fused-ring (bicyclic) bond motifs is 1. The second-order valence-corrected chi connectivity index (χ2v) is 4.70. The van der Waals surface area contributed by atoms with Crippen molar-refractivity contribution in [1.29, 1.82) is 0 Å². The van der Waals surface area contributed by atoms with E-state index >= 15 is 0 Å². The third kappa shape index (κ3) is 2.05. The third-order valence-electron chi connectivity index (χ3n) is 3.36. The van der Waals surface area contributed by atoms with Gasteiger partial charge >= 0.3 is 5.97 Å². The van der Waals surface area contributed by atoms with Gasteiger partial charge in [0.2, 0.25) is 0 Å². The summed E-state index contributed by atoms with van der Waals surface area (Å²) < 4.78 is 1.62. The number of para-hydroxylation sites is 1. The largest absolute Gasteiger partial charge is 0.480 e. The van der Waals surface area contributed by atoms with E-state index in [9.17, 15) is 9.90 Å². The van der Waals surface area contributed by atoms with Crippen LogP contribution in [0.3, 0.4) is 0 Å². The highest BCUT2D eigenvalue weighted by atomic mass is 16.4. The van der Waals surface area contributed by atoms with Gasteiger partial charge in [-0.3, -0.25) is 4.68 Å². The average molecular weight is 258 g/mol. The van der Waals surface area contributed by atoms with Crippen LogP contribution in [0.1, 0.15) is 11.3 Å². The molecule has 2 heterocycles. The molecule has 1 aliphatic heterocycles. The zero-order valence-corrected chi connectivity index (χ0v) is 10.5. The van der Waals surface area contributed by atoms with Gasteiger partial charge < -0.3 is 10.0 Å². The van der Waals surface area contributed by atoms with Gasteiger partial charge in [-0.15, -0.1) is 5.10 Å². The summed E-state index contributed by atoms with van der Waals surface area (Å²) in [6.45, 7) is 0.460. The second-order valence-electron chi connectivity index (χ2n) is 4.70. The Morgan fingerprint density at radius 2 is 2.26 bits per heavy atom. The van der Waals surface area contributed by atoms with Crippen LogP contribution in [0.15, 0.2) is 30.5 Å². The van der Waals surface area contributed by atoms with Crippen molar-refractivity contribution in [3.63, 3.8) is 0 Å². The van der Waals surface area contributed by atoms with Gasteiger partial charge in [0, 0.05) is 25.4 Å². The summed E-state index contributed by atoms with van der Waals surface area (Å²) in [5.74, 6) is -0.805. The topological polar surface area (TPSA) is 71.2 Å². The molecule has 0 spiro atoms. The summed E-state index contributed by atoms with van der Waals surface area (Å²) in [6, 6.07) is 7.26. The molecule has 0 bridgehead atoms. The van der Waals surface area contributed by atoms with E-state index in [0.29, 0.717) is 13.0 Å². The second kappa shape index (κ2) is 4.38. The zero-order chi connectivity index (χ0) is 13.4. The molecular weight excluding hydrogens is 244 g/mol. The maximum Gasteiger partial charge on any atom is 0.326 e. The highest BCUT2D eigenvalue weighted by Gasteiger charge is 2.34. The lowest BCUT2D eigenvalue weighted by Crippen LogP contribution is -2.38. The van der Waals surface area contributed by atoms with Gasteiger partial charge in [-0.1, -0.05) is 23.4 Å². The van der Waals surface area contributed by atoms with Gasteiger partial charge in [-0.25, -0.2) is 4.79 Å². The number of aliphatic carboxylic acids is 1. The van der Waals surface area contributed by atoms with Crippen molar-refractivity contribution in [1.82, 2.24) is 15.0 Å². The lowest BCUT2D eigenvalue weighted by atomic mass is 10.1. The zero-order valence-electron chi connectivity index (χ0n) is 10.5. The van der Waals surface area contributed by atoms with Crippen molar-refractivity contribution >= 4 is 11.7 Å². The van der Waals surface area contributed by atoms with Crippen molar-refractivity contribution in [2.24, 2.45) is 7.05 Å². The number of nitrogens with zero attached hydrogens (tertiary/aromatic N) is 4. The standard InChI is InChI=1S/C13H14N4O2/c1-16-7-10(14-15-16)8-17-11-5-3-2-4-9(11)6-12(17)13(18)19/h2-5,7,12H,6,8H2,1H3,(H,18,19). The number of aryl methyl sites for hydroxylation is 1. The van der Waals surface area contributed by atoms with Gasteiger partial charge in [-0.2, -0.15) is 0 Å². The van der Waals surface area contributed by atoms with Crippen LogP contribution < -0.4 is 4.90 Å². The minimum absolute atomic E-state index is 0.460. The molecule has 98 valence electrons. The van der Waals surface area contributed by atoms with Crippen LogP contribution in [0.5, 0.6) is 0 Å². The van der Waals surface area contributed by atoms with Gasteiger partial charge in [0.15, 0.2) is 0 Å². The smallest absolute Gasteiger partial charge is 0.326 e. The number of hydrogen-bond donors (Lipinski definition) is 1. The molecule has 1 unspecified atom stereocenters. The van der Waals surface area contributed by atoms with Crippen molar-refractivity contribution in [2.45, 2.75) is 19.0 Å². The molecule has 0 aliphatic carbocycles. The van der Waals surface area contributed by atoms with Crippen LogP contribution >= 0.6 is 0 Å². The SMILES string of the molecule is Cn1cc(CN2c3ccccc3CC2C(=O)O)nn1. The molecule has 1 N–H and O–H groups in total. The maximum atomic E-state index is 11.4. The van der Waals surface area contributed by atoms with Crippen molar-refractivity contribution in [3.05, 3.63) is 41.7 Å². The van der Waals surface area contributed by atoms with Crippen LogP contribution in [0.4, 0.5) is 5.69 Å². The predicted octanol–water partition coefficient (Wildman–Crippen LogP) is 0.831. The number of hydrogen-bond acceptors (Lipinski definition) is 4. The van der Waals surface area contributed by atoms with E-state index in [4.69, 9.17) is 0 Å². The molecule has 1 aliphatic rings. The normalized spacial score (nSPS) is 17.5. The monoisotopic (exact) mass is 258 g/mol. The molecule has 19 heavy (non-hydrogen) atoms. The molecule has 3 rings (SSSR count). The third-order valence-corrected chi connectivity index (χ3v) is 3.36. The summed E-state index contributed by atoms with van der Waals surface area (Å²) in [7, 11) is 1.79. The first-order valence-electron chi connectivity index (χ1n) is 6.07. The Balaban J connectivity index is 1.93. The molecule has 0 amide bonds. The summed E-state index contributed by atoms with van der Waals surface area (Å²) >= 11 is 0. The first-order valence-corrected chi connectivity index (χ1v) is 6.07. The Kier molecular flexibility index (Phi) is 2.70. The Labute approximate surface area is 110 Å². The molecule has 6 nitrogen and oxygen atoms in total. The highest BCUT2D eigenvalue weighted by Crippen LogP contribution is 2.33. The van der Waals surface area contributed by atoms with E-state index in [1.165, 1.54) is 0 Å². The summed E-state index contributed by atoms with van der Waals surface area (Å²) in [4.78, 5) is 13.3. The van der Waals surface area contributed by atoms with E-state index in [1.807, 2.05) is 29.2 Å². The predicted molar refractivity (Wildman–Crippen MR) is 68.8 cm³/mol. The summed E-state index contributed by atoms with van der Waals surface area (Å²) in [6.07, 6.45) is 2.34. The van der Waals surface area contributed by atoms with Crippen molar-refractivity contribution in [2.75, 3.05) is 4.90 Å². The number of carbonyl (C=O) groups is 1. The maximum absolute atomic E-state index is 11.4. The van der Waals surface area contributed by atoms with E-state index in [2.05, 4.69) is 10.3 Å². The van der Waals surface area contributed by atoms with Gasteiger partial charge in [0.1, 0.15) is 11.7 Å². The molecular formula is C13H14N4O2. The average Bonchev–Trinajstić information content (AvgIpc) is 2.95. The molecule has 1 aromatic carbocycles. The van der Waals surface area contributed by atoms with Crippen LogP contribution in [0, 0.1) is 0 Å². The number of rotatable bonds is 3. The lowest BCUT2D eigenvalue weighted by molar-refractivity contribution is -0.138. The fourth-order valence-corrected chi connectivity index (χ4v) is 2.51.